The van der Waals surface area contributed by atoms with Gasteiger partial charge in [0, 0.05) is 16.6 Å². The second-order valence-corrected chi connectivity index (χ2v) is 7.46. The first-order valence-electron chi connectivity index (χ1n) is 8.99. The third-order valence-corrected chi connectivity index (χ3v) is 5.16. The van der Waals surface area contributed by atoms with Gasteiger partial charge in [-0.2, -0.15) is 0 Å². The van der Waals surface area contributed by atoms with Crippen LogP contribution in [-0.2, 0) is 4.79 Å². The van der Waals surface area contributed by atoms with Gasteiger partial charge in [0.1, 0.15) is 0 Å². The average molecular weight is 454 g/mol. The maximum absolute atomic E-state index is 12.7. The maximum atomic E-state index is 12.7. The standard InChI is InChI=1S/C22H20BrN3O3/c1-25(15-21(27)24-20-13-12-18(26(28)29)14-19(20)23)22(16-8-4-2-5-9-16)17-10-6-3-7-11-17/h2-14,22H,15H2,1H3,(H,24,27). The Morgan fingerprint density at radius 2 is 1.59 bits per heavy atom. The zero-order valence-electron chi connectivity index (χ0n) is 15.8. The first-order chi connectivity index (χ1) is 14.0. The molecule has 7 heteroatoms. The summed E-state index contributed by atoms with van der Waals surface area (Å²) in [6.45, 7) is 0.151. The van der Waals surface area contributed by atoms with Gasteiger partial charge in [-0.25, -0.2) is 0 Å². The number of non-ortho nitro benzene ring substituents is 1. The van der Waals surface area contributed by atoms with Crippen molar-refractivity contribution in [3.63, 3.8) is 0 Å². The number of benzene rings is 3. The van der Waals surface area contributed by atoms with Gasteiger partial charge in [0.15, 0.2) is 0 Å². The van der Waals surface area contributed by atoms with Crippen LogP contribution in [0.1, 0.15) is 17.2 Å². The van der Waals surface area contributed by atoms with Gasteiger partial charge in [0.2, 0.25) is 5.91 Å². The number of nitro groups is 1. The molecule has 0 fully saturated rings. The van der Waals surface area contributed by atoms with Crippen LogP contribution in [-0.4, -0.2) is 29.3 Å². The molecule has 3 aromatic carbocycles. The lowest BCUT2D eigenvalue weighted by Gasteiger charge is -2.28. The number of hydrogen-bond donors (Lipinski definition) is 1. The normalized spacial score (nSPS) is 10.9. The molecular weight excluding hydrogens is 434 g/mol. The van der Waals surface area contributed by atoms with E-state index in [1.54, 1.807) is 0 Å². The Bertz CT molecular complexity index is 957. The average Bonchev–Trinajstić information content (AvgIpc) is 2.71. The third-order valence-electron chi connectivity index (χ3n) is 4.50. The number of nitrogens with zero attached hydrogens (tertiary/aromatic N) is 2. The minimum Gasteiger partial charge on any atom is -0.324 e. The Morgan fingerprint density at radius 1 is 1.03 bits per heavy atom. The fourth-order valence-corrected chi connectivity index (χ4v) is 3.66. The molecule has 0 aromatic heterocycles. The predicted octanol–water partition coefficient (Wildman–Crippen LogP) is 5.02. The van der Waals surface area contributed by atoms with Gasteiger partial charge in [0.25, 0.3) is 5.69 Å². The lowest BCUT2D eigenvalue weighted by molar-refractivity contribution is -0.384. The minimum atomic E-state index is -0.478. The van der Waals surface area contributed by atoms with E-state index in [9.17, 15) is 14.9 Å². The van der Waals surface area contributed by atoms with Crippen LogP contribution in [0.2, 0.25) is 0 Å². The highest BCUT2D eigenvalue weighted by molar-refractivity contribution is 9.10. The molecule has 0 saturated heterocycles. The van der Waals surface area contributed by atoms with E-state index in [0.29, 0.717) is 10.2 Å². The van der Waals surface area contributed by atoms with E-state index >= 15 is 0 Å². The van der Waals surface area contributed by atoms with E-state index in [-0.39, 0.29) is 24.2 Å². The van der Waals surface area contributed by atoms with Crippen molar-refractivity contribution in [3.05, 3.63) is 105 Å². The fourth-order valence-electron chi connectivity index (χ4n) is 3.20. The molecule has 0 atom stereocenters. The molecule has 0 spiro atoms. The van der Waals surface area contributed by atoms with Crippen LogP contribution in [0, 0.1) is 10.1 Å². The van der Waals surface area contributed by atoms with Crippen LogP contribution in [0.3, 0.4) is 0 Å². The van der Waals surface area contributed by atoms with Crippen molar-refractivity contribution in [3.8, 4) is 0 Å². The van der Waals surface area contributed by atoms with Gasteiger partial charge in [0.05, 0.1) is 23.2 Å². The van der Waals surface area contributed by atoms with Gasteiger partial charge in [-0.1, -0.05) is 60.7 Å². The summed E-state index contributed by atoms with van der Waals surface area (Å²) >= 11 is 3.28. The van der Waals surface area contributed by atoms with Crippen LogP contribution in [0.5, 0.6) is 0 Å². The van der Waals surface area contributed by atoms with Crippen LogP contribution < -0.4 is 5.32 Å². The molecule has 3 aromatic rings. The van der Waals surface area contributed by atoms with Crippen molar-refractivity contribution in [1.29, 1.82) is 0 Å². The molecule has 1 amide bonds. The molecule has 0 heterocycles. The Morgan fingerprint density at radius 3 is 2.07 bits per heavy atom. The molecule has 29 heavy (non-hydrogen) atoms. The lowest BCUT2D eigenvalue weighted by atomic mass is 9.97. The summed E-state index contributed by atoms with van der Waals surface area (Å²) in [5.41, 5.74) is 2.63. The largest absolute Gasteiger partial charge is 0.324 e. The van der Waals surface area contributed by atoms with Crippen LogP contribution in [0.25, 0.3) is 0 Å². The van der Waals surface area contributed by atoms with Crippen molar-refractivity contribution >= 4 is 33.2 Å². The smallest absolute Gasteiger partial charge is 0.270 e. The molecular formula is C22H20BrN3O3. The Kier molecular flexibility index (Phi) is 6.74. The van der Waals surface area contributed by atoms with Crippen LogP contribution in [0.4, 0.5) is 11.4 Å². The maximum Gasteiger partial charge on any atom is 0.270 e. The zero-order chi connectivity index (χ0) is 20.8. The molecule has 6 nitrogen and oxygen atoms in total. The molecule has 1 N–H and O–H groups in total. The highest BCUT2D eigenvalue weighted by Gasteiger charge is 2.21. The molecule has 0 bridgehead atoms. The first kappa shape index (κ1) is 20.7. The molecule has 3 rings (SSSR count). The number of halogens is 1. The van der Waals surface area contributed by atoms with Crippen molar-refractivity contribution in [2.24, 2.45) is 0 Å². The van der Waals surface area contributed by atoms with Gasteiger partial charge < -0.3 is 5.32 Å². The number of nitrogens with one attached hydrogen (secondary N) is 1. The van der Waals surface area contributed by atoms with Gasteiger partial charge in [-0.05, 0) is 40.2 Å². The number of rotatable bonds is 7. The second-order valence-electron chi connectivity index (χ2n) is 6.61. The van der Waals surface area contributed by atoms with E-state index in [0.717, 1.165) is 11.1 Å². The molecule has 0 aliphatic rings. The summed E-state index contributed by atoms with van der Waals surface area (Å²) in [4.78, 5) is 25.0. The second kappa shape index (κ2) is 9.45. The first-order valence-corrected chi connectivity index (χ1v) is 9.79. The van der Waals surface area contributed by atoms with Crippen molar-refractivity contribution in [2.45, 2.75) is 6.04 Å². The van der Waals surface area contributed by atoms with Crippen molar-refractivity contribution < 1.29 is 9.72 Å². The summed E-state index contributed by atoms with van der Waals surface area (Å²) < 4.78 is 0.463. The number of carbonyl (C=O) groups excluding carboxylic acids is 1. The van der Waals surface area contributed by atoms with E-state index in [4.69, 9.17) is 0 Å². The topological polar surface area (TPSA) is 75.5 Å². The number of likely N-dealkylation sites (N-methyl/N-ethyl adjacent to an activating group) is 1. The summed E-state index contributed by atoms with van der Waals surface area (Å²) in [6.07, 6.45) is 0. The monoisotopic (exact) mass is 453 g/mol. The number of carbonyl (C=O) groups is 1. The highest BCUT2D eigenvalue weighted by atomic mass is 79.9. The van der Waals surface area contributed by atoms with Gasteiger partial charge >= 0.3 is 0 Å². The zero-order valence-corrected chi connectivity index (χ0v) is 17.4. The Balaban J connectivity index is 1.77. The van der Waals surface area contributed by atoms with Gasteiger partial charge in [-0.3, -0.25) is 19.8 Å². The van der Waals surface area contributed by atoms with E-state index < -0.39 is 4.92 Å². The Hall–Kier alpha value is -3.03. The molecule has 0 radical (unpaired) electrons. The lowest BCUT2D eigenvalue weighted by Crippen LogP contribution is -2.34. The summed E-state index contributed by atoms with van der Waals surface area (Å²) in [7, 11) is 1.90. The predicted molar refractivity (Wildman–Crippen MR) is 117 cm³/mol. The SMILES string of the molecule is CN(CC(=O)Nc1ccc([N+](=O)[O-])cc1Br)C(c1ccccc1)c1ccccc1. The highest BCUT2D eigenvalue weighted by Crippen LogP contribution is 2.29. The number of amides is 1. The van der Waals surface area contributed by atoms with Crippen molar-refractivity contribution in [1.82, 2.24) is 4.90 Å². The van der Waals surface area contributed by atoms with Gasteiger partial charge in [-0.15, -0.1) is 0 Å². The molecule has 0 aliphatic carbocycles. The van der Waals surface area contributed by atoms with Crippen molar-refractivity contribution in [2.75, 3.05) is 18.9 Å². The van der Waals surface area contributed by atoms with E-state index in [2.05, 4.69) is 21.2 Å². The summed E-state index contributed by atoms with van der Waals surface area (Å²) in [5.74, 6) is -0.209. The summed E-state index contributed by atoms with van der Waals surface area (Å²) in [5, 5.41) is 13.7. The third kappa shape index (κ3) is 5.28. The van der Waals surface area contributed by atoms with E-state index in [1.165, 1.54) is 18.2 Å². The molecule has 0 saturated carbocycles. The Labute approximate surface area is 177 Å². The number of nitro benzene ring substituents is 1. The molecule has 148 valence electrons. The van der Waals surface area contributed by atoms with Crippen LogP contribution in [0.15, 0.2) is 83.3 Å². The molecule has 0 aliphatic heterocycles. The van der Waals surface area contributed by atoms with Crippen LogP contribution >= 0.6 is 15.9 Å². The minimum absolute atomic E-state index is 0.0415. The number of hydrogen-bond acceptors (Lipinski definition) is 4. The van der Waals surface area contributed by atoms with E-state index in [1.807, 2.05) is 72.6 Å². The summed E-state index contributed by atoms with van der Waals surface area (Å²) in [6, 6.07) is 24.2. The number of anilines is 1. The fraction of sp³-hybridized carbons (Fsp3) is 0.136. The quantitative estimate of drug-likeness (QED) is 0.402. The molecule has 0 unspecified atom stereocenters.